The molecule has 1 heterocycles. The summed E-state index contributed by atoms with van der Waals surface area (Å²) in [6, 6.07) is 7.53. The number of aliphatic hydroxyl groups is 1. The van der Waals surface area contributed by atoms with Gasteiger partial charge in [-0.15, -0.1) is 0 Å². The Morgan fingerprint density at radius 3 is 2.95 bits per heavy atom. The fourth-order valence-electron chi connectivity index (χ4n) is 1.67. The first-order valence-electron chi connectivity index (χ1n) is 6.12. The summed E-state index contributed by atoms with van der Waals surface area (Å²) in [5.41, 5.74) is 0.907. The van der Waals surface area contributed by atoms with Crippen LogP contribution in [0, 0.1) is 0 Å². The lowest BCUT2D eigenvalue weighted by Gasteiger charge is -2.20. The van der Waals surface area contributed by atoms with Crippen molar-refractivity contribution >= 4 is 11.6 Å². The van der Waals surface area contributed by atoms with Gasteiger partial charge in [0.1, 0.15) is 0 Å². The molecule has 1 aromatic heterocycles. The van der Waals surface area contributed by atoms with Gasteiger partial charge in [-0.05, 0) is 26.1 Å². The van der Waals surface area contributed by atoms with Gasteiger partial charge in [-0.25, -0.2) is 4.98 Å². The van der Waals surface area contributed by atoms with Crippen molar-refractivity contribution in [3.05, 3.63) is 41.4 Å². The van der Waals surface area contributed by atoms with E-state index in [-0.39, 0.29) is 12.6 Å². The summed E-state index contributed by atoms with van der Waals surface area (Å²) >= 11 is 5.95. The van der Waals surface area contributed by atoms with E-state index < -0.39 is 0 Å². The predicted octanol–water partition coefficient (Wildman–Crippen LogP) is 2.81. The predicted molar refractivity (Wildman–Crippen MR) is 75.0 cm³/mol. The van der Waals surface area contributed by atoms with E-state index in [1.807, 2.05) is 43.1 Å². The van der Waals surface area contributed by atoms with Crippen molar-refractivity contribution in [1.82, 2.24) is 9.88 Å². The zero-order chi connectivity index (χ0) is 13.8. The monoisotopic (exact) mass is 280 g/mol. The number of benzene rings is 1. The molecule has 0 aliphatic carbocycles. The van der Waals surface area contributed by atoms with Gasteiger partial charge in [-0.3, -0.25) is 4.90 Å². The van der Waals surface area contributed by atoms with Crippen LogP contribution in [0.1, 0.15) is 12.8 Å². The van der Waals surface area contributed by atoms with Crippen LogP contribution < -0.4 is 0 Å². The van der Waals surface area contributed by atoms with Crippen molar-refractivity contribution in [2.75, 3.05) is 13.7 Å². The summed E-state index contributed by atoms with van der Waals surface area (Å²) in [6.07, 6.45) is 1.69. The Kier molecular flexibility index (Phi) is 4.58. The zero-order valence-corrected chi connectivity index (χ0v) is 11.8. The van der Waals surface area contributed by atoms with Gasteiger partial charge in [0.25, 0.3) is 0 Å². The standard InChI is InChI=1S/C14H17ClN2O2/c1-10(9-18)17(2)8-14-16-7-13(19-14)11-4-3-5-12(15)6-11/h3-7,10,18H,8-9H2,1-2H3. The molecule has 0 saturated carbocycles. The van der Waals surface area contributed by atoms with Crippen LogP contribution in [-0.2, 0) is 6.54 Å². The van der Waals surface area contributed by atoms with Crippen molar-refractivity contribution < 1.29 is 9.52 Å². The van der Waals surface area contributed by atoms with Gasteiger partial charge < -0.3 is 9.52 Å². The molecule has 1 unspecified atom stereocenters. The molecule has 0 saturated heterocycles. The minimum absolute atomic E-state index is 0.0709. The summed E-state index contributed by atoms with van der Waals surface area (Å²) in [4.78, 5) is 6.23. The molecular formula is C14H17ClN2O2. The topological polar surface area (TPSA) is 49.5 Å². The van der Waals surface area contributed by atoms with Crippen LogP contribution in [-0.4, -0.2) is 34.7 Å². The number of nitrogens with zero attached hydrogens (tertiary/aromatic N) is 2. The first-order valence-corrected chi connectivity index (χ1v) is 6.49. The fourth-order valence-corrected chi connectivity index (χ4v) is 1.86. The third kappa shape index (κ3) is 3.56. The van der Waals surface area contributed by atoms with E-state index in [4.69, 9.17) is 21.1 Å². The number of rotatable bonds is 5. The highest BCUT2D eigenvalue weighted by Gasteiger charge is 2.12. The fraction of sp³-hybridized carbons (Fsp3) is 0.357. The maximum absolute atomic E-state index is 9.09. The molecule has 0 fully saturated rings. The molecule has 102 valence electrons. The number of aliphatic hydroxyl groups excluding tert-OH is 1. The molecule has 0 amide bonds. The van der Waals surface area contributed by atoms with E-state index in [1.54, 1.807) is 6.20 Å². The van der Waals surface area contributed by atoms with E-state index >= 15 is 0 Å². The van der Waals surface area contributed by atoms with Crippen molar-refractivity contribution in [1.29, 1.82) is 0 Å². The highest BCUT2D eigenvalue weighted by atomic mass is 35.5. The minimum atomic E-state index is 0.0709. The quantitative estimate of drug-likeness (QED) is 0.915. The van der Waals surface area contributed by atoms with Crippen LogP contribution in [0.5, 0.6) is 0 Å². The number of likely N-dealkylation sites (N-methyl/N-ethyl adjacent to an activating group) is 1. The molecule has 0 aliphatic rings. The van der Waals surface area contributed by atoms with Crippen LogP contribution >= 0.6 is 11.6 Å². The van der Waals surface area contributed by atoms with E-state index in [2.05, 4.69) is 4.98 Å². The van der Waals surface area contributed by atoms with Gasteiger partial charge in [0.2, 0.25) is 5.89 Å². The average Bonchev–Trinajstić information content (AvgIpc) is 2.86. The number of hydrogen-bond acceptors (Lipinski definition) is 4. The average molecular weight is 281 g/mol. The van der Waals surface area contributed by atoms with Gasteiger partial charge in [0, 0.05) is 16.6 Å². The summed E-state index contributed by atoms with van der Waals surface area (Å²) in [7, 11) is 1.92. The van der Waals surface area contributed by atoms with Crippen LogP contribution in [0.4, 0.5) is 0 Å². The Morgan fingerprint density at radius 1 is 1.47 bits per heavy atom. The molecule has 5 heteroatoms. The van der Waals surface area contributed by atoms with Crippen LogP contribution in [0.2, 0.25) is 5.02 Å². The van der Waals surface area contributed by atoms with E-state index in [1.165, 1.54) is 0 Å². The lowest BCUT2D eigenvalue weighted by atomic mass is 10.2. The summed E-state index contributed by atoms with van der Waals surface area (Å²) in [5.74, 6) is 1.32. The SMILES string of the molecule is CC(CO)N(C)Cc1ncc(-c2cccc(Cl)c2)o1. The molecule has 1 N–H and O–H groups in total. The first kappa shape index (κ1) is 14.1. The van der Waals surface area contributed by atoms with Gasteiger partial charge in [0.15, 0.2) is 5.76 Å². The Balaban J connectivity index is 2.11. The lowest BCUT2D eigenvalue weighted by molar-refractivity contribution is 0.145. The Hall–Kier alpha value is -1.36. The second-order valence-electron chi connectivity index (χ2n) is 4.58. The van der Waals surface area contributed by atoms with Crippen molar-refractivity contribution in [2.45, 2.75) is 19.5 Å². The smallest absolute Gasteiger partial charge is 0.209 e. The second kappa shape index (κ2) is 6.19. The third-order valence-corrected chi connectivity index (χ3v) is 3.30. The molecule has 4 nitrogen and oxygen atoms in total. The van der Waals surface area contributed by atoms with Crippen LogP contribution in [0.15, 0.2) is 34.9 Å². The maximum Gasteiger partial charge on any atom is 0.209 e. The molecule has 19 heavy (non-hydrogen) atoms. The maximum atomic E-state index is 9.09. The molecule has 0 bridgehead atoms. The third-order valence-electron chi connectivity index (χ3n) is 3.06. The van der Waals surface area contributed by atoms with Crippen molar-refractivity contribution in [3.63, 3.8) is 0 Å². The minimum Gasteiger partial charge on any atom is -0.439 e. The highest BCUT2D eigenvalue weighted by molar-refractivity contribution is 6.30. The molecule has 0 aliphatic heterocycles. The number of aromatic nitrogens is 1. The molecule has 1 aromatic carbocycles. The van der Waals surface area contributed by atoms with Crippen LogP contribution in [0.25, 0.3) is 11.3 Å². The highest BCUT2D eigenvalue weighted by Crippen LogP contribution is 2.23. The van der Waals surface area contributed by atoms with Gasteiger partial charge in [-0.1, -0.05) is 23.7 Å². The number of oxazole rings is 1. The normalized spacial score (nSPS) is 12.9. The first-order chi connectivity index (χ1) is 9.10. The Morgan fingerprint density at radius 2 is 2.26 bits per heavy atom. The molecular weight excluding hydrogens is 264 g/mol. The summed E-state index contributed by atoms with van der Waals surface area (Å²) < 4.78 is 5.70. The molecule has 1 atom stereocenters. The van der Waals surface area contributed by atoms with Crippen LogP contribution in [0.3, 0.4) is 0 Å². The molecule has 2 aromatic rings. The van der Waals surface area contributed by atoms with E-state index in [0.29, 0.717) is 23.2 Å². The summed E-state index contributed by atoms with van der Waals surface area (Å²) in [5, 5.41) is 9.76. The lowest BCUT2D eigenvalue weighted by Crippen LogP contribution is -2.31. The molecule has 0 spiro atoms. The Bertz CT molecular complexity index is 542. The molecule has 2 rings (SSSR count). The van der Waals surface area contributed by atoms with Gasteiger partial charge in [-0.2, -0.15) is 0 Å². The largest absolute Gasteiger partial charge is 0.439 e. The Labute approximate surface area is 117 Å². The second-order valence-corrected chi connectivity index (χ2v) is 5.01. The van der Waals surface area contributed by atoms with Crippen molar-refractivity contribution in [3.8, 4) is 11.3 Å². The molecule has 0 radical (unpaired) electrons. The van der Waals surface area contributed by atoms with Gasteiger partial charge in [0.05, 0.1) is 19.3 Å². The van der Waals surface area contributed by atoms with E-state index in [9.17, 15) is 0 Å². The van der Waals surface area contributed by atoms with E-state index in [0.717, 1.165) is 5.56 Å². The van der Waals surface area contributed by atoms with Crippen molar-refractivity contribution in [2.24, 2.45) is 0 Å². The number of halogens is 1. The summed E-state index contributed by atoms with van der Waals surface area (Å²) in [6.45, 7) is 2.61. The number of hydrogen-bond donors (Lipinski definition) is 1. The zero-order valence-electron chi connectivity index (χ0n) is 11.0. The van der Waals surface area contributed by atoms with Gasteiger partial charge >= 0.3 is 0 Å².